The van der Waals surface area contributed by atoms with E-state index in [4.69, 9.17) is 28.7 Å². The van der Waals surface area contributed by atoms with E-state index >= 15 is 0 Å². The minimum absolute atomic E-state index is 0.104. The van der Waals surface area contributed by atoms with Crippen LogP contribution in [0.3, 0.4) is 0 Å². The molecule has 0 fully saturated rings. The number of nitrogens with two attached hydrogens (primary N) is 5. The van der Waals surface area contributed by atoms with Gasteiger partial charge in [-0.2, -0.15) is 0 Å². The molecule has 2 aromatic carbocycles. The van der Waals surface area contributed by atoms with Gasteiger partial charge in [0.15, 0.2) is 5.78 Å². The molecule has 25 heteroatoms. The van der Waals surface area contributed by atoms with Crippen molar-refractivity contribution in [1.29, 1.82) is 0 Å². The van der Waals surface area contributed by atoms with Crippen molar-refractivity contribution in [2.24, 2.45) is 70.1 Å². The number of benzene rings is 2. The van der Waals surface area contributed by atoms with Crippen LogP contribution in [-0.4, -0.2) is 141 Å². The van der Waals surface area contributed by atoms with E-state index in [1.807, 2.05) is 59.7 Å². The van der Waals surface area contributed by atoms with Crippen molar-refractivity contribution in [3.05, 3.63) is 60.2 Å². The maximum absolute atomic E-state index is 14.3. The molecule has 0 saturated heterocycles. The van der Waals surface area contributed by atoms with Crippen molar-refractivity contribution in [3.8, 4) is 0 Å². The van der Waals surface area contributed by atoms with Crippen LogP contribution in [0.25, 0.3) is 0 Å². The fourth-order valence-electron chi connectivity index (χ4n) is 10.1. The van der Waals surface area contributed by atoms with Crippen LogP contribution in [0.2, 0.25) is 5.32 Å². The summed E-state index contributed by atoms with van der Waals surface area (Å²) in [6, 6.07) is 11.7. The summed E-state index contributed by atoms with van der Waals surface area (Å²) >= 11 is -0.401. The van der Waals surface area contributed by atoms with Gasteiger partial charge in [-0.05, 0) is 62.6 Å². The van der Waals surface area contributed by atoms with E-state index in [0.717, 1.165) is 10.0 Å². The molecular weight excluding hydrogens is 1220 g/mol. The van der Waals surface area contributed by atoms with E-state index in [0.29, 0.717) is 50.9 Å². The van der Waals surface area contributed by atoms with Gasteiger partial charge >= 0.3 is 270 Å². The van der Waals surface area contributed by atoms with Gasteiger partial charge in [0.1, 0.15) is 0 Å². The molecule has 16 N–H and O–H groups in total. The summed E-state index contributed by atoms with van der Waals surface area (Å²) in [4.78, 5) is 173. The van der Waals surface area contributed by atoms with Crippen molar-refractivity contribution < 1.29 is 62.3 Å². The summed E-state index contributed by atoms with van der Waals surface area (Å²) in [7, 11) is 0. The molecule has 0 aliphatic rings. The third-order valence-electron chi connectivity index (χ3n) is 14.9. The molecule has 0 radical (unpaired) electrons. The minimum atomic E-state index is -1.41. The zero-order chi connectivity index (χ0) is 67.5. The summed E-state index contributed by atoms with van der Waals surface area (Å²) < 4.78 is 0.837. The number of nitrogens with one attached hydrogen (secondary N) is 6. The fourth-order valence-corrected chi connectivity index (χ4v) is 12.2. The maximum atomic E-state index is 14.3. The van der Waals surface area contributed by atoms with Crippen LogP contribution in [0.15, 0.2) is 54.6 Å². The van der Waals surface area contributed by atoms with Gasteiger partial charge in [0, 0.05) is 24.7 Å². The number of carbonyl (C=O) groups excluding carboxylic acids is 13. The number of rotatable bonds is 48. The van der Waals surface area contributed by atoms with Gasteiger partial charge < -0.3 is 34.0 Å². The Labute approximate surface area is 536 Å². The number of hydrogen-bond acceptors (Lipinski definition) is 16. The number of anilines is 1. The molecule has 0 spiro atoms. The zero-order valence-corrected chi connectivity index (χ0v) is 55.4. The number of Topliss-reactive ketones (excluding diaryl/α,β-unsaturated/α-hetero) is 5. The van der Waals surface area contributed by atoms with E-state index in [9.17, 15) is 62.3 Å². The topological polar surface area (TPSA) is 424 Å². The van der Waals surface area contributed by atoms with Gasteiger partial charge in [-0.25, -0.2) is 0 Å². The molecule has 0 aromatic heterocycles. The van der Waals surface area contributed by atoms with Crippen LogP contribution in [0.1, 0.15) is 157 Å². The molecule has 8 amide bonds. The second-order valence-corrected chi connectivity index (χ2v) is 26.9. The van der Waals surface area contributed by atoms with Crippen LogP contribution in [0, 0.1) is 41.4 Å². The average Bonchev–Trinajstić information content (AvgIpc) is 1.81. The molecule has 2 aromatic rings. The fraction of sp³-hybridized carbons (Fsp3) is 0.615. The quantitative estimate of drug-likeness (QED) is 0.0334. The Morgan fingerprint density at radius 3 is 1.58 bits per heavy atom. The SMILES string of the molecule is CC(=O)Nc1ccc([Se]C[C@H](CC(=O)CNC(=O)CCC(=O)[C@H](Cc2ccccc2)NC(=O)[C@@H](N)CC(C)C)C(=O)NCC(=O)C[C@@H](CC(C)C)C(=O)N[C@@H](CC(C)C)C(=O)C[C@@H](CCCCN)C(=O)N[C@@H](CC(N)=O)C(=O)C[C@@H](CCCCN)C(N)=O)cc1. The zero-order valence-electron chi connectivity index (χ0n) is 53.7. The number of primary amides is 2. The monoisotopic (exact) mass is 1320 g/mol. The van der Waals surface area contributed by atoms with Gasteiger partial charge in [-0.15, -0.1) is 0 Å². The summed E-state index contributed by atoms with van der Waals surface area (Å²) in [5.74, 6) is -11.4. The number of ketones is 5. The third kappa shape index (κ3) is 33.1. The summed E-state index contributed by atoms with van der Waals surface area (Å²) in [5, 5.41) is 16.3. The molecular formula is C65H101N11O13Se. The predicted octanol–water partition coefficient (Wildman–Crippen LogP) is 2.06. The van der Waals surface area contributed by atoms with E-state index in [1.54, 1.807) is 36.4 Å². The van der Waals surface area contributed by atoms with Crippen molar-refractivity contribution in [2.75, 3.05) is 31.5 Å². The molecule has 0 heterocycles. The number of hydrogen-bond donors (Lipinski definition) is 11. The van der Waals surface area contributed by atoms with E-state index in [-0.39, 0.29) is 99.6 Å². The molecule has 90 heavy (non-hydrogen) atoms. The van der Waals surface area contributed by atoms with Crippen LogP contribution in [0.4, 0.5) is 5.69 Å². The molecule has 0 bridgehead atoms. The van der Waals surface area contributed by atoms with Crippen LogP contribution < -0.4 is 65.0 Å². The van der Waals surface area contributed by atoms with Crippen molar-refractivity contribution >= 4 is 101 Å². The first-order chi connectivity index (χ1) is 42.5. The molecule has 0 aliphatic carbocycles. The molecule has 2 rings (SSSR count). The number of carbonyl (C=O) groups is 13. The van der Waals surface area contributed by atoms with Crippen molar-refractivity contribution in [3.63, 3.8) is 0 Å². The van der Waals surface area contributed by atoms with E-state index in [1.165, 1.54) is 6.92 Å². The molecule has 0 saturated carbocycles. The van der Waals surface area contributed by atoms with Crippen molar-refractivity contribution in [1.82, 2.24) is 26.6 Å². The number of amides is 8. The normalized spacial score (nSPS) is 14.0. The second-order valence-electron chi connectivity index (χ2n) is 24.6. The Kier molecular flexibility index (Phi) is 37.6. The molecule has 0 aliphatic heterocycles. The van der Waals surface area contributed by atoms with Crippen LogP contribution >= 0.6 is 0 Å². The molecule has 0 unspecified atom stereocenters. The predicted molar refractivity (Wildman–Crippen MR) is 345 cm³/mol. The van der Waals surface area contributed by atoms with Gasteiger partial charge in [-0.1, -0.05) is 70.9 Å². The standard InChI is InChI=1S/C65H101N11O13Se/c1-39(2)27-46(64(88)74-53(29-41(5)6)58(82)34-45(18-12-14-26-67)63(87)75-55(35-59(69)83)57(81)33-44(61(70)85)17-11-13-25-66)31-49(78)37-72-62(86)47(38-90-51-21-19-48(20-22-51)73-42(7)77)32-50(79)36-71-60(84)24-23-56(80)54(30-43-15-9-8-10-16-43)76-65(89)52(68)28-40(3)4/h8-10,15-16,19-22,39-41,44-47,52-55H,11-14,17-18,23-38,66-68H2,1-7H3,(H2,69,83)(H2,70,85)(H,71,84)(H,72,86)(H,73,77)(H,74,88)(H,75,87)(H,76,89)/t44-,45-,46-,47+,52+,53+,54+,55+/m1/s1. The first-order valence-corrected chi connectivity index (χ1v) is 33.4. The Balaban J connectivity index is 2.28. The van der Waals surface area contributed by atoms with Crippen LogP contribution in [0.5, 0.6) is 0 Å². The third-order valence-corrected chi connectivity index (χ3v) is 17.3. The first kappa shape index (κ1) is 79.0. The van der Waals surface area contributed by atoms with E-state index in [2.05, 4.69) is 31.9 Å². The van der Waals surface area contributed by atoms with E-state index < -0.39 is 153 Å². The molecule has 24 nitrogen and oxygen atoms in total. The summed E-state index contributed by atoms with van der Waals surface area (Å²) in [6.07, 6.45) is 0.906. The van der Waals surface area contributed by atoms with Gasteiger partial charge in [0.25, 0.3) is 0 Å². The van der Waals surface area contributed by atoms with Crippen LogP contribution in [-0.2, 0) is 68.7 Å². The Morgan fingerprint density at radius 1 is 0.500 bits per heavy atom. The Bertz CT molecular complexity index is 2690. The number of unbranched alkanes of at least 4 members (excludes halogenated alkanes) is 2. The summed E-state index contributed by atoms with van der Waals surface area (Å²) in [5.41, 5.74) is 29.9. The Morgan fingerprint density at radius 2 is 1.02 bits per heavy atom. The average molecular weight is 1320 g/mol. The van der Waals surface area contributed by atoms with Gasteiger partial charge in [-0.3, -0.25) is 28.8 Å². The first-order valence-electron chi connectivity index (χ1n) is 31.4. The Hall–Kier alpha value is -7.05. The van der Waals surface area contributed by atoms with Gasteiger partial charge in [0.2, 0.25) is 23.6 Å². The second kappa shape index (κ2) is 42.8. The van der Waals surface area contributed by atoms with Crippen molar-refractivity contribution in [2.45, 2.75) is 187 Å². The molecule has 8 atom stereocenters. The van der Waals surface area contributed by atoms with Gasteiger partial charge in [0.05, 0.1) is 18.5 Å². The molecule has 500 valence electrons. The summed E-state index contributed by atoms with van der Waals surface area (Å²) in [6.45, 7) is 12.3.